The number of fused-ring (bicyclic) bond motifs is 1. The molecule has 4 nitrogen and oxygen atoms in total. The Morgan fingerprint density at radius 3 is 3.06 bits per heavy atom. The average Bonchev–Trinajstić information content (AvgIpc) is 2.73. The van der Waals surface area contributed by atoms with Gasteiger partial charge in [-0.15, -0.1) is 0 Å². The van der Waals surface area contributed by atoms with Gasteiger partial charge >= 0.3 is 0 Å². The summed E-state index contributed by atoms with van der Waals surface area (Å²) >= 11 is 0. The summed E-state index contributed by atoms with van der Waals surface area (Å²) in [6.45, 7) is 2.14. The van der Waals surface area contributed by atoms with Gasteiger partial charge in [0.2, 0.25) is 5.91 Å². The van der Waals surface area contributed by atoms with Gasteiger partial charge in [0.1, 0.15) is 12.4 Å². The van der Waals surface area contributed by atoms with E-state index in [9.17, 15) is 9.18 Å². The second-order valence-corrected chi connectivity index (χ2v) is 4.81. The Hall–Kier alpha value is -1.46. The number of carbonyl (C=O) groups is 1. The Morgan fingerprint density at radius 1 is 1.39 bits per heavy atom. The van der Waals surface area contributed by atoms with E-state index in [-0.39, 0.29) is 30.5 Å². The minimum absolute atomic E-state index is 0.0365. The number of benzene rings is 1. The molecule has 0 aromatic heterocycles. The van der Waals surface area contributed by atoms with Gasteiger partial charge in [-0.2, -0.15) is 0 Å². The molecule has 1 N–H and O–H groups in total. The van der Waals surface area contributed by atoms with Crippen LogP contribution in [0, 0.1) is 5.82 Å². The molecule has 1 aromatic carbocycles. The first-order valence-corrected chi connectivity index (χ1v) is 6.09. The maximum Gasteiger partial charge on any atom is 0.246 e. The minimum Gasteiger partial charge on any atom is -0.365 e. The van der Waals surface area contributed by atoms with Crippen molar-refractivity contribution in [2.75, 3.05) is 19.7 Å². The summed E-state index contributed by atoms with van der Waals surface area (Å²) in [5.41, 5.74) is 0.683. The predicted molar refractivity (Wildman–Crippen MR) is 63.3 cm³/mol. The first-order valence-electron chi connectivity index (χ1n) is 6.09. The average molecular weight is 250 g/mol. The largest absolute Gasteiger partial charge is 0.365 e. The van der Waals surface area contributed by atoms with Gasteiger partial charge in [-0.05, 0) is 6.07 Å². The zero-order valence-electron chi connectivity index (χ0n) is 9.93. The van der Waals surface area contributed by atoms with Crippen molar-refractivity contribution in [2.45, 2.75) is 18.7 Å². The standard InChI is InChI=1S/C13H15FN2O2/c14-10-4-2-1-3-9(10)5-16-6-11-12(7-16)18-8-13(17)15-11/h1-4,11-12H,5-8H2,(H,15,17)/t11-,12+/m0/s1. The van der Waals surface area contributed by atoms with Crippen molar-refractivity contribution in [3.63, 3.8) is 0 Å². The van der Waals surface area contributed by atoms with E-state index in [0.29, 0.717) is 18.7 Å². The van der Waals surface area contributed by atoms with Crippen LogP contribution in [0.15, 0.2) is 24.3 Å². The van der Waals surface area contributed by atoms with Crippen LogP contribution in [0.1, 0.15) is 5.56 Å². The van der Waals surface area contributed by atoms with E-state index in [1.54, 1.807) is 12.1 Å². The van der Waals surface area contributed by atoms with E-state index in [1.165, 1.54) is 6.07 Å². The molecule has 2 aliphatic heterocycles. The topological polar surface area (TPSA) is 41.6 Å². The molecular weight excluding hydrogens is 235 g/mol. The molecule has 2 fully saturated rings. The van der Waals surface area contributed by atoms with E-state index < -0.39 is 0 Å². The lowest BCUT2D eigenvalue weighted by molar-refractivity contribution is -0.134. The fourth-order valence-corrected chi connectivity index (χ4v) is 2.59. The fourth-order valence-electron chi connectivity index (χ4n) is 2.59. The number of hydrogen-bond donors (Lipinski definition) is 1. The molecule has 2 atom stereocenters. The van der Waals surface area contributed by atoms with Gasteiger partial charge in [-0.1, -0.05) is 18.2 Å². The second kappa shape index (κ2) is 4.66. The highest BCUT2D eigenvalue weighted by Gasteiger charge is 2.37. The third-order valence-corrected chi connectivity index (χ3v) is 3.47. The molecule has 0 bridgehead atoms. The summed E-state index contributed by atoms with van der Waals surface area (Å²) < 4.78 is 19.0. The smallest absolute Gasteiger partial charge is 0.246 e. The van der Waals surface area contributed by atoms with Crippen LogP contribution in [0.4, 0.5) is 4.39 Å². The summed E-state index contributed by atoms with van der Waals surface area (Å²) in [6.07, 6.45) is 0.0365. The van der Waals surface area contributed by atoms with Crippen LogP contribution in [0.2, 0.25) is 0 Å². The lowest BCUT2D eigenvalue weighted by atomic mass is 10.2. The number of likely N-dealkylation sites (tertiary alicyclic amines) is 1. The Balaban J connectivity index is 1.66. The molecule has 2 aliphatic rings. The van der Waals surface area contributed by atoms with Crippen molar-refractivity contribution in [3.05, 3.63) is 35.6 Å². The molecule has 0 aliphatic carbocycles. The highest BCUT2D eigenvalue weighted by Crippen LogP contribution is 2.19. The molecule has 2 saturated heterocycles. The minimum atomic E-state index is -0.183. The van der Waals surface area contributed by atoms with Gasteiger partial charge in [0.25, 0.3) is 0 Å². The van der Waals surface area contributed by atoms with Gasteiger partial charge in [-0.3, -0.25) is 9.69 Å². The number of halogens is 1. The lowest BCUT2D eigenvalue weighted by Crippen LogP contribution is -2.50. The van der Waals surface area contributed by atoms with Crippen molar-refractivity contribution < 1.29 is 13.9 Å². The van der Waals surface area contributed by atoms with Crippen molar-refractivity contribution >= 4 is 5.91 Å². The van der Waals surface area contributed by atoms with Gasteiger partial charge in [0, 0.05) is 25.2 Å². The van der Waals surface area contributed by atoms with Crippen molar-refractivity contribution in [3.8, 4) is 0 Å². The Labute approximate surface area is 105 Å². The summed E-state index contributed by atoms with van der Waals surface area (Å²) in [6, 6.07) is 6.82. The van der Waals surface area contributed by atoms with E-state index >= 15 is 0 Å². The van der Waals surface area contributed by atoms with Gasteiger partial charge in [0.05, 0.1) is 12.1 Å². The molecule has 0 spiro atoms. The summed E-state index contributed by atoms with van der Waals surface area (Å²) in [7, 11) is 0. The lowest BCUT2D eigenvalue weighted by Gasteiger charge is -2.25. The molecule has 1 aromatic rings. The van der Waals surface area contributed by atoms with Crippen molar-refractivity contribution in [2.24, 2.45) is 0 Å². The van der Waals surface area contributed by atoms with Gasteiger partial charge < -0.3 is 10.1 Å². The highest BCUT2D eigenvalue weighted by atomic mass is 19.1. The van der Waals surface area contributed by atoms with E-state index in [1.807, 2.05) is 6.07 Å². The monoisotopic (exact) mass is 250 g/mol. The Kier molecular flexibility index (Phi) is 3.01. The molecule has 0 unspecified atom stereocenters. The zero-order valence-corrected chi connectivity index (χ0v) is 9.93. The number of morpholine rings is 1. The molecule has 0 saturated carbocycles. The van der Waals surface area contributed by atoms with Crippen molar-refractivity contribution in [1.82, 2.24) is 10.2 Å². The third kappa shape index (κ3) is 2.23. The number of ether oxygens (including phenoxy) is 1. The van der Waals surface area contributed by atoms with Crippen LogP contribution in [0.5, 0.6) is 0 Å². The second-order valence-electron chi connectivity index (χ2n) is 4.81. The van der Waals surface area contributed by atoms with E-state index in [4.69, 9.17) is 4.74 Å². The predicted octanol–water partition coefficient (Wildman–Crippen LogP) is 0.525. The van der Waals surface area contributed by atoms with Crippen LogP contribution in [0.25, 0.3) is 0 Å². The Bertz CT molecular complexity index is 466. The summed E-state index contributed by atoms with van der Waals surface area (Å²) in [5.74, 6) is -0.249. The molecule has 1 amide bonds. The third-order valence-electron chi connectivity index (χ3n) is 3.47. The summed E-state index contributed by atoms with van der Waals surface area (Å²) in [5, 5.41) is 2.91. The van der Waals surface area contributed by atoms with E-state index in [2.05, 4.69) is 10.2 Å². The van der Waals surface area contributed by atoms with Crippen LogP contribution in [0.3, 0.4) is 0 Å². The fraction of sp³-hybridized carbons (Fsp3) is 0.462. The SMILES string of the molecule is O=C1CO[C@@H]2CN(Cc3ccccc3F)C[C@@H]2N1. The maximum absolute atomic E-state index is 13.5. The van der Waals surface area contributed by atoms with Crippen LogP contribution in [-0.2, 0) is 16.1 Å². The summed E-state index contributed by atoms with van der Waals surface area (Å²) in [4.78, 5) is 13.3. The molecule has 3 rings (SSSR count). The number of carbonyl (C=O) groups excluding carboxylic acids is 1. The number of hydrogen-bond acceptors (Lipinski definition) is 3. The molecule has 18 heavy (non-hydrogen) atoms. The quantitative estimate of drug-likeness (QED) is 0.832. The number of rotatable bonds is 2. The number of nitrogens with one attached hydrogen (secondary N) is 1. The molecular formula is C13H15FN2O2. The number of amides is 1. The first-order chi connectivity index (χ1) is 8.72. The normalized spacial score (nSPS) is 27.9. The molecule has 0 radical (unpaired) electrons. The molecule has 5 heteroatoms. The van der Waals surface area contributed by atoms with Crippen LogP contribution < -0.4 is 5.32 Å². The first kappa shape index (κ1) is 11.6. The number of nitrogens with zero attached hydrogens (tertiary/aromatic N) is 1. The molecule has 2 heterocycles. The van der Waals surface area contributed by atoms with Crippen LogP contribution in [-0.4, -0.2) is 42.6 Å². The Morgan fingerprint density at radius 2 is 2.22 bits per heavy atom. The molecule has 96 valence electrons. The van der Waals surface area contributed by atoms with E-state index in [0.717, 1.165) is 6.54 Å². The van der Waals surface area contributed by atoms with Crippen molar-refractivity contribution in [1.29, 1.82) is 0 Å². The van der Waals surface area contributed by atoms with Gasteiger partial charge in [-0.25, -0.2) is 4.39 Å². The maximum atomic E-state index is 13.5. The van der Waals surface area contributed by atoms with Crippen LogP contribution >= 0.6 is 0 Å². The highest BCUT2D eigenvalue weighted by molar-refractivity contribution is 5.78. The van der Waals surface area contributed by atoms with Gasteiger partial charge in [0.15, 0.2) is 0 Å². The zero-order chi connectivity index (χ0) is 12.5.